The maximum Gasteiger partial charge on any atom is 0.259 e. The van der Waals surface area contributed by atoms with Gasteiger partial charge in [-0.05, 0) is 115 Å². The standard InChI is InChI=1S/C43H52N4/c1-6-25-45-43(47(5)42(44)32-17-9-8-10-18-32)34-20-12-11-19-33(27-34)41-28-39-37-24-23-30(3)15-13-21-35(37)36-22-14-16-31(7-2)26-38(36)40(39)29-46(41)4/h7-11,13-14,17-19,21-22,27-28,30-31,33,44H,2,6,12,15-16,20,23-26,29H2,1,3-5H3/p+1. The van der Waals surface area contributed by atoms with Crippen molar-refractivity contribution in [1.29, 1.82) is 0 Å². The Morgan fingerprint density at radius 1 is 1.02 bits per heavy atom. The zero-order valence-electron chi connectivity index (χ0n) is 29.0. The molecule has 4 aliphatic rings. The summed E-state index contributed by atoms with van der Waals surface area (Å²) in [6, 6.07) is 10.3. The predicted octanol–water partition coefficient (Wildman–Crippen LogP) is 8.97. The molecule has 2 aromatic rings. The van der Waals surface area contributed by atoms with Gasteiger partial charge < -0.3 is 10.6 Å². The van der Waals surface area contributed by atoms with Crippen LogP contribution in [0.25, 0.3) is 18.2 Å². The molecule has 3 unspecified atom stereocenters. The molecule has 0 saturated heterocycles. The molecule has 0 aromatic heterocycles. The maximum absolute atomic E-state index is 6.78. The lowest BCUT2D eigenvalue weighted by Gasteiger charge is -2.35. The molecule has 0 radical (unpaired) electrons. The van der Waals surface area contributed by atoms with E-state index in [-0.39, 0.29) is 5.92 Å². The number of hydrogen-bond donors (Lipinski definition) is 1. The smallest absolute Gasteiger partial charge is 0.259 e. The Labute approximate surface area is 283 Å². The summed E-state index contributed by atoms with van der Waals surface area (Å²) in [4.78, 5) is 7.63. The van der Waals surface area contributed by atoms with E-state index in [1.54, 1.807) is 0 Å². The van der Waals surface area contributed by atoms with Gasteiger partial charge >= 0.3 is 0 Å². The van der Waals surface area contributed by atoms with Crippen LogP contribution in [0.15, 0.2) is 89.6 Å². The van der Waals surface area contributed by atoms with E-state index in [9.17, 15) is 0 Å². The first-order valence-corrected chi connectivity index (χ1v) is 17.8. The van der Waals surface area contributed by atoms with Crippen LogP contribution >= 0.6 is 0 Å². The Kier molecular flexibility index (Phi) is 10.3. The summed E-state index contributed by atoms with van der Waals surface area (Å²) in [5, 5.41) is 0. The second-order valence-corrected chi connectivity index (χ2v) is 13.9. The normalized spacial score (nSPS) is 23.2. The number of nitrogens with two attached hydrogens (primary N) is 1. The molecular weight excluding hydrogens is 573 g/mol. The molecule has 1 heterocycles. The summed E-state index contributed by atoms with van der Waals surface area (Å²) in [5.41, 5.74) is 19.3. The molecule has 0 fully saturated rings. The monoisotopic (exact) mass is 625 g/mol. The molecule has 0 saturated carbocycles. The highest BCUT2D eigenvalue weighted by molar-refractivity contribution is 6.01. The lowest BCUT2D eigenvalue weighted by atomic mass is 9.78. The Morgan fingerprint density at radius 3 is 2.55 bits per heavy atom. The van der Waals surface area contributed by atoms with Crippen molar-refractivity contribution in [2.75, 3.05) is 20.6 Å². The van der Waals surface area contributed by atoms with Gasteiger partial charge in [0, 0.05) is 36.3 Å². The fourth-order valence-corrected chi connectivity index (χ4v) is 7.73. The molecule has 2 aromatic carbocycles. The second kappa shape index (κ2) is 14.7. The van der Waals surface area contributed by atoms with Crippen molar-refractivity contribution < 1.29 is 4.58 Å². The van der Waals surface area contributed by atoms with Crippen molar-refractivity contribution >= 4 is 29.9 Å². The molecule has 0 spiro atoms. The Balaban J connectivity index is 1.48. The molecule has 1 aliphatic heterocycles. The number of allylic oxidation sites excluding steroid dienone is 5. The average Bonchev–Trinajstić information content (AvgIpc) is 3.46. The summed E-state index contributed by atoms with van der Waals surface area (Å²) in [5.74, 6) is 3.03. The molecule has 3 atom stereocenters. The van der Waals surface area contributed by atoms with Crippen LogP contribution in [0.3, 0.4) is 0 Å². The van der Waals surface area contributed by atoms with Crippen LogP contribution in [-0.2, 0) is 19.4 Å². The van der Waals surface area contributed by atoms with Gasteiger partial charge in [0.05, 0.1) is 7.05 Å². The molecule has 47 heavy (non-hydrogen) atoms. The molecule has 244 valence electrons. The van der Waals surface area contributed by atoms with Crippen molar-refractivity contribution in [1.82, 2.24) is 4.90 Å². The summed E-state index contributed by atoms with van der Waals surface area (Å²) in [6.45, 7) is 10.5. The zero-order valence-corrected chi connectivity index (χ0v) is 29.0. The molecule has 4 nitrogen and oxygen atoms in total. The number of benzene rings is 2. The van der Waals surface area contributed by atoms with Gasteiger partial charge in [-0.15, -0.1) is 11.6 Å². The zero-order chi connectivity index (χ0) is 32.9. The molecule has 0 amide bonds. The van der Waals surface area contributed by atoms with Crippen LogP contribution in [0.1, 0.15) is 91.3 Å². The summed E-state index contributed by atoms with van der Waals surface area (Å²) < 4.78 is 2.10. The lowest BCUT2D eigenvalue weighted by Crippen LogP contribution is -2.33. The van der Waals surface area contributed by atoms with Gasteiger partial charge in [0.2, 0.25) is 5.84 Å². The molecule has 4 heteroatoms. The van der Waals surface area contributed by atoms with E-state index >= 15 is 0 Å². The van der Waals surface area contributed by atoms with Crippen LogP contribution in [-0.4, -0.2) is 41.8 Å². The highest BCUT2D eigenvalue weighted by atomic mass is 15.1. The van der Waals surface area contributed by atoms with Gasteiger partial charge in [0.1, 0.15) is 6.54 Å². The van der Waals surface area contributed by atoms with Crippen LogP contribution in [0.4, 0.5) is 0 Å². The fourth-order valence-electron chi connectivity index (χ4n) is 7.73. The van der Waals surface area contributed by atoms with E-state index < -0.39 is 0 Å². The Hall–Kier alpha value is -4.18. The third-order valence-corrected chi connectivity index (χ3v) is 10.5. The molecule has 2 N–H and O–H groups in total. The topological polar surface area (TPSA) is 44.6 Å². The van der Waals surface area contributed by atoms with E-state index in [4.69, 9.17) is 10.7 Å². The third-order valence-electron chi connectivity index (χ3n) is 10.5. The van der Waals surface area contributed by atoms with E-state index in [1.165, 1.54) is 51.1 Å². The van der Waals surface area contributed by atoms with Crippen LogP contribution in [0, 0.1) is 17.8 Å². The minimum atomic E-state index is 0.155. The Bertz CT molecular complexity index is 1710. The number of nitrogens with zero attached hydrogens (tertiary/aromatic N) is 3. The van der Waals surface area contributed by atoms with Crippen LogP contribution in [0.5, 0.6) is 0 Å². The number of hydrogen-bond acceptors (Lipinski definition) is 2. The highest BCUT2D eigenvalue weighted by Crippen LogP contribution is 2.42. The van der Waals surface area contributed by atoms with Crippen molar-refractivity contribution in [3.8, 4) is 0 Å². The lowest BCUT2D eigenvalue weighted by molar-refractivity contribution is -0.371. The number of rotatable bonds is 6. The van der Waals surface area contributed by atoms with E-state index in [2.05, 4.69) is 111 Å². The first-order chi connectivity index (χ1) is 22.9. The first kappa shape index (κ1) is 32.7. The average molecular weight is 626 g/mol. The number of fused-ring (bicyclic) bond motifs is 6. The van der Waals surface area contributed by atoms with Gasteiger partial charge in [0.25, 0.3) is 5.84 Å². The van der Waals surface area contributed by atoms with Gasteiger partial charge in [-0.1, -0.05) is 80.7 Å². The highest BCUT2D eigenvalue weighted by Gasteiger charge is 2.30. The van der Waals surface area contributed by atoms with Crippen LogP contribution in [0.2, 0.25) is 0 Å². The van der Waals surface area contributed by atoms with Gasteiger partial charge in [-0.3, -0.25) is 0 Å². The van der Waals surface area contributed by atoms with E-state index in [1.807, 2.05) is 18.2 Å². The van der Waals surface area contributed by atoms with Gasteiger partial charge in [-0.25, -0.2) is 4.58 Å². The number of aliphatic imine (C=N–C) groups is 1. The first-order valence-electron chi connectivity index (χ1n) is 17.8. The minimum Gasteiger partial charge on any atom is -0.373 e. The number of amidine groups is 2. The van der Waals surface area contributed by atoms with E-state index in [0.29, 0.717) is 11.8 Å². The van der Waals surface area contributed by atoms with Crippen molar-refractivity contribution in [3.63, 3.8) is 0 Å². The van der Waals surface area contributed by atoms with Crippen molar-refractivity contribution in [3.05, 3.63) is 124 Å². The van der Waals surface area contributed by atoms with Crippen LogP contribution < -0.4 is 5.73 Å². The van der Waals surface area contributed by atoms with Crippen molar-refractivity contribution in [2.45, 2.75) is 71.8 Å². The molecule has 0 bridgehead atoms. The largest absolute Gasteiger partial charge is 0.373 e. The second-order valence-electron chi connectivity index (χ2n) is 13.9. The molecular formula is C43H53N4+. The quantitative estimate of drug-likeness (QED) is 0.151. The minimum absolute atomic E-state index is 0.155. The van der Waals surface area contributed by atoms with Gasteiger partial charge in [0.15, 0.2) is 0 Å². The van der Waals surface area contributed by atoms with Gasteiger partial charge in [-0.2, -0.15) is 0 Å². The summed E-state index contributed by atoms with van der Waals surface area (Å²) in [7, 11) is 4.35. The maximum atomic E-state index is 6.78. The number of likely N-dealkylation sites (N-methyl/N-ethyl adjacent to an activating group) is 1. The van der Waals surface area contributed by atoms with Crippen molar-refractivity contribution in [2.24, 2.45) is 28.5 Å². The predicted molar refractivity (Wildman–Crippen MR) is 202 cm³/mol. The fraction of sp³-hybridized carbons (Fsp3) is 0.395. The molecule has 6 rings (SSSR count). The summed E-state index contributed by atoms with van der Waals surface area (Å²) >= 11 is 0. The SMILES string of the molecule is C=CC1CC=Cc2c3c(c4c(c2C1)CN(C)C(C1C=CCCC(C(=NCCC)[N+](C)=C(N)c2ccccc2)=C1)=C4)CCC(C)CC=C3. The van der Waals surface area contributed by atoms with E-state index in [0.717, 1.165) is 75.3 Å². The molecule has 3 aliphatic carbocycles. The Morgan fingerprint density at radius 2 is 1.79 bits per heavy atom. The summed E-state index contributed by atoms with van der Waals surface area (Å²) in [6.07, 6.45) is 30.1. The third kappa shape index (κ3) is 6.93.